The lowest BCUT2D eigenvalue weighted by Gasteiger charge is -2.45. The van der Waals surface area contributed by atoms with Gasteiger partial charge in [-0.2, -0.15) is 0 Å². The Kier molecular flexibility index (Phi) is 9.12. The van der Waals surface area contributed by atoms with Gasteiger partial charge in [0.25, 0.3) is 5.91 Å². The molecule has 1 aliphatic heterocycles. The van der Waals surface area contributed by atoms with E-state index in [2.05, 4.69) is 10.6 Å². The average molecular weight is 452 g/mol. The number of carboxylic acids is 1. The van der Waals surface area contributed by atoms with Gasteiger partial charge in [-0.25, -0.2) is 4.79 Å². The molecule has 0 unspecified atom stereocenters. The number of aliphatic carboxylic acids is 1. The van der Waals surface area contributed by atoms with Gasteiger partial charge in [-0.15, -0.1) is 0 Å². The first-order chi connectivity index (χ1) is 15.1. The number of carbonyl (C=O) groups excluding carboxylic acids is 3. The maximum Gasteiger partial charge on any atom is 0.332 e. The smallest absolute Gasteiger partial charge is 0.332 e. The molecule has 1 saturated heterocycles. The fourth-order valence-corrected chi connectivity index (χ4v) is 3.25. The van der Waals surface area contributed by atoms with Crippen LogP contribution in [0.25, 0.3) is 0 Å². The van der Waals surface area contributed by atoms with Gasteiger partial charge in [-0.05, 0) is 12.5 Å². The zero-order valence-corrected chi connectivity index (χ0v) is 18.3. The Bertz CT molecular complexity index is 817. The molecule has 2 rings (SSSR count). The van der Waals surface area contributed by atoms with E-state index in [1.165, 1.54) is 20.9 Å². The summed E-state index contributed by atoms with van der Waals surface area (Å²) in [6.45, 7) is 3.73. The summed E-state index contributed by atoms with van der Waals surface area (Å²) >= 11 is 0. The Morgan fingerprint density at radius 2 is 1.78 bits per heavy atom. The SMILES string of the molecule is CNC(=O)[C@H]1O[C@H](OCc2ccccc2)[C@H](NC(C)=O)[C@@H](O[C@@H](C)C(=O)O)[C@@H]1OC(C)=O. The zero-order valence-electron chi connectivity index (χ0n) is 18.3. The monoisotopic (exact) mass is 452 g/mol. The van der Waals surface area contributed by atoms with E-state index in [1.54, 1.807) is 0 Å². The molecule has 0 aromatic heterocycles. The van der Waals surface area contributed by atoms with Gasteiger partial charge in [-0.3, -0.25) is 14.4 Å². The zero-order chi connectivity index (χ0) is 23.8. The fraction of sp³-hybridized carbons (Fsp3) is 0.524. The number of carbonyl (C=O) groups is 4. The summed E-state index contributed by atoms with van der Waals surface area (Å²) in [7, 11) is 1.37. The lowest BCUT2D eigenvalue weighted by Crippen LogP contribution is -2.68. The molecule has 11 nitrogen and oxygen atoms in total. The minimum absolute atomic E-state index is 0.0709. The first kappa shape index (κ1) is 25.2. The Morgan fingerprint density at radius 1 is 1.12 bits per heavy atom. The number of esters is 1. The van der Waals surface area contributed by atoms with E-state index in [1.807, 2.05) is 30.3 Å². The van der Waals surface area contributed by atoms with Crippen molar-refractivity contribution < 1.29 is 43.2 Å². The maximum atomic E-state index is 12.5. The van der Waals surface area contributed by atoms with Gasteiger partial charge in [-0.1, -0.05) is 30.3 Å². The highest BCUT2D eigenvalue weighted by Crippen LogP contribution is 2.29. The minimum atomic E-state index is -1.37. The molecular formula is C21H28N2O9. The van der Waals surface area contributed by atoms with Gasteiger partial charge in [0.15, 0.2) is 24.6 Å². The van der Waals surface area contributed by atoms with Crippen LogP contribution in [0.3, 0.4) is 0 Å². The van der Waals surface area contributed by atoms with Crippen molar-refractivity contribution >= 4 is 23.8 Å². The summed E-state index contributed by atoms with van der Waals surface area (Å²) in [6, 6.07) is 8.02. The predicted molar refractivity (Wildman–Crippen MR) is 109 cm³/mol. The van der Waals surface area contributed by atoms with E-state index < -0.39 is 60.5 Å². The van der Waals surface area contributed by atoms with Crippen molar-refractivity contribution in [1.82, 2.24) is 10.6 Å². The van der Waals surface area contributed by atoms with Crippen molar-refractivity contribution in [3.05, 3.63) is 35.9 Å². The number of nitrogens with one attached hydrogen (secondary N) is 2. The number of benzene rings is 1. The highest BCUT2D eigenvalue weighted by atomic mass is 16.7. The van der Waals surface area contributed by atoms with Crippen LogP contribution in [-0.4, -0.2) is 72.7 Å². The summed E-state index contributed by atoms with van der Waals surface area (Å²) in [5, 5.41) is 14.4. The van der Waals surface area contributed by atoms with Gasteiger partial charge >= 0.3 is 11.9 Å². The number of carboxylic acid groups (broad SMARTS) is 1. The molecule has 32 heavy (non-hydrogen) atoms. The standard InChI is InChI=1S/C21H28N2O9/c1-11(20(27)28)30-16-15(23-12(2)24)21(29-10-14-8-6-5-7-9-14)32-18(19(26)22-4)17(16)31-13(3)25/h5-9,11,15-18,21H,10H2,1-4H3,(H,22,26)(H,23,24)(H,27,28)/t11-,15+,16+,17-,18-,21-/m0/s1. The van der Waals surface area contributed by atoms with E-state index in [4.69, 9.17) is 18.9 Å². The molecule has 0 saturated carbocycles. The van der Waals surface area contributed by atoms with Crippen molar-refractivity contribution in [2.45, 2.75) is 64.1 Å². The van der Waals surface area contributed by atoms with Crippen LogP contribution in [0.2, 0.25) is 0 Å². The molecule has 3 N–H and O–H groups in total. The molecule has 11 heteroatoms. The van der Waals surface area contributed by atoms with Crippen LogP contribution in [0.15, 0.2) is 30.3 Å². The number of rotatable bonds is 9. The van der Waals surface area contributed by atoms with Gasteiger partial charge in [0.1, 0.15) is 12.1 Å². The van der Waals surface area contributed by atoms with Gasteiger partial charge < -0.3 is 34.7 Å². The number of ether oxygens (including phenoxy) is 4. The van der Waals surface area contributed by atoms with Crippen LogP contribution in [0.1, 0.15) is 26.3 Å². The van der Waals surface area contributed by atoms with Crippen molar-refractivity contribution in [3.8, 4) is 0 Å². The molecule has 6 atom stereocenters. The van der Waals surface area contributed by atoms with Crippen molar-refractivity contribution in [2.75, 3.05) is 7.05 Å². The summed E-state index contributed by atoms with van der Waals surface area (Å²) in [4.78, 5) is 47.6. The minimum Gasteiger partial charge on any atom is -0.479 e. The highest BCUT2D eigenvalue weighted by Gasteiger charge is 2.52. The summed E-state index contributed by atoms with van der Waals surface area (Å²) in [6.07, 6.45) is -6.53. The maximum absolute atomic E-state index is 12.5. The molecular weight excluding hydrogens is 424 g/mol. The molecule has 1 fully saturated rings. The third kappa shape index (κ3) is 6.74. The van der Waals surface area contributed by atoms with E-state index in [-0.39, 0.29) is 6.61 Å². The van der Waals surface area contributed by atoms with Crippen molar-refractivity contribution in [2.24, 2.45) is 0 Å². The highest BCUT2D eigenvalue weighted by molar-refractivity contribution is 5.82. The normalized spacial score (nSPS) is 25.9. The van der Waals surface area contributed by atoms with E-state index in [0.29, 0.717) is 0 Å². The van der Waals surface area contributed by atoms with Crippen molar-refractivity contribution in [3.63, 3.8) is 0 Å². The van der Waals surface area contributed by atoms with Crippen molar-refractivity contribution in [1.29, 1.82) is 0 Å². The second-order valence-electron chi connectivity index (χ2n) is 7.22. The molecule has 0 spiro atoms. The quantitative estimate of drug-likeness (QED) is 0.439. The first-order valence-electron chi connectivity index (χ1n) is 9.99. The summed E-state index contributed by atoms with van der Waals surface area (Å²) < 4.78 is 22.6. The van der Waals surface area contributed by atoms with Gasteiger partial charge in [0, 0.05) is 20.9 Å². The Hall–Kier alpha value is -3.02. The number of amides is 2. The van der Waals surface area contributed by atoms with Gasteiger partial charge in [0.05, 0.1) is 6.61 Å². The summed E-state index contributed by atoms with van der Waals surface area (Å²) in [5.41, 5.74) is 0.799. The molecule has 1 aliphatic rings. The topological polar surface area (TPSA) is 149 Å². The second-order valence-corrected chi connectivity index (χ2v) is 7.22. The van der Waals surface area contributed by atoms with Gasteiger partial charge in [0.2, 0.25) is 5.91 Å². The van der Waals surface area contributed by atoms with Crippen LogP contribution in [0, 0.1) is 0 Å². The number of hydrogen-bond donors (Lipinski definition) is 3. The molecule has 0 aliphatic carbocycles. The predicted octanol–water partition coefficient (Wildman–Crippen LogP) is -0.0312. The third-order valence-electron chi connectivity index (χ3n) is 4.69. The Labute approximate surface area is 185 Å². The fourth-order valence-electron chi connectivity index (χ4n) is 3.25. The molecule has 1 aromatic carbocycles. The second kappa shape index (κ2) is 11.6. The molecule has 1 heterocycles. The molecule has 0 bridgehead atoms. The van der Waals surface area contributed by atoms with E-state index in [0.717, 1.165) is 12.5 Å². The molecule has 176 valence electrons. The Morgan fingerprint density at radius 3 is 2.31 bits per heavy atom. The van der Waals surface area contributed by atoms with E-state index in [9.17, 15) is 24.3 Å². The lowest BCUT2D eigenvalue weighted by atomic mass is 9.95. The molecule has 0 radical (unpaired) electrons. The third-order valence-corrected chi connectivity index (χ3v) is 4.69. The number of hydrogen-bond acceptors (Lipinski definition) is 8. The number of likely N-dealkylation sites (N-methyl/N-ethyl adjacent to an activating group) is 1. The first-order valence-corrected chi connectivity index (χ1v) is 9.99. The van der Waals surface area contributed by atoms with Crippen LogP contribution < -0.4 is 10.6 Å². The van der Waals surface area contributed by atoms with Crippen LogP contribution >= 0.6 is 0 Å². The Balaban J connectivity index is 2.43. The van der Waals surface area contributed by atoms with Crippen LogP contribution in [0.4, 0.5) is 0 Å². The molecule has 2 amide bonds. The molecule has 1 aromatic rings. The largest absolute Gasteiger partial charge is 0.479 e. The van der Waals surface area contributed by atoms with Crippen LogP contribution in [-0.2, 0) is 44.7 Å². The van der Waals surface area contributed by atoms with Crippen LogP contribution in [0.5, 0.6) is 0 Å². The average Bonchev–Trinajstić information content (AvgIpc) is 2.74. The van der Waals surface area contributed by atoms with E-state index >= 15 is 0 Å². The summed E-state index contributed by atoms with van der Waals surface area (Å²) in [5.74, 6) is -3.14. The lowest BCUT2D eigenvalue weighted by molar-refractivity contribution is -0.277.